The van der Waals surface area contributed by atoms with E-state index in [0.717, 1.165) is 11.6 Å². The van der Waals surface area contributed by atoms with E-state index in [4.69, 9.17) is 4.42 Å². The number of phenols is 2. The first-order valence-corrected chi connectivity index (χ1v) is 8.12. The van der Waals surface area contributed by atoms with E-state index < -0.39 is 5.82 Å². The van der Waals surface area contributed by atoms with E-state index in [2.05, 4.69) is 6.07 Å². The number of furan rings is 1. The molecule has 0 unspecified atom stereocenters. The largest absolute Gasteiger partial charge is 0.508 e. The van der Waals surface area contributed by atoms with Gasteiger partial charge in [-0.2, -0.15) is 5.26 Å². The van der Waals surface area contributed by atoms with Gasteiger partial charge in [0.2, 0.25) is 0 Å². The summed E-state index contributed by atoms with van der Waals surface area (Å²) >= 11 is 1.20. The molecule has 0 bridgehead atoms. The molecule has 0 amide bonds. The molecule has 0 aliphatic heterocycles. The number of rotatable bonds is 2. The highest BCUT2D eigenvalue weighted by Crippen LogP contribution is 2.47. The molecule has 2 heterocycles. The second-order valence-electron chi connectivity index (χ2n) is 5.43. The quantitative estimate of drug-likeness (QED) is 0.517. The smallest absolute Gasteiger partial charge is 0.153 e. The molecule has 2 aromatic carbocycles. The van der Waals surface area contributed by atoms with E-state index in [1.165, 1.54) is 35.8 Å². The van der Waals surface area contributed by atoms with Gasteiger partial charge >= 0.3 is 0 Å². The second-order valence-corrected chi connectivity index (χ2v) is 6.45. The van der Waals surface area contributed by atoms with Crippen molar-refractivity contribution in [2.75, 3.05) is 0 Å². The van der Waals surface area contributed by atoms with Gasteiger partial charge in [0, 0.05) is 21.9 Å². The summed E-state index contributed by atoms with van der Waals surface area (Å²) < 4.78 is 20.2. The molecule has 0 fully saturated rings. The van der Waals surface area contributed by atoms with Crippen LogP contribution in [0.2, 0.25) is 0 Å². The van der Waals surface area contributed by atoms with Crippen molar-refractivity contribution in [2.24, 2.45) is 0 Å². The Hall–Kier alpha value is -3.30. The Balaban J connectivity index is 2.12. The van der Waals surface area contributed by atoms with E-state index in [1.54, 1.807) is 18.2 Å². The number of hydrogen-bond acceptors (Lipinski definition) is 5. The molecule has 0 aliphatic rings. The number of fused-ring (bicyclic) bond motifs is 1. The number of thiophene rings is 1. The fourth-order valence-electron chi connectivity index (χ4n) is 2.78. The average Bonchev–Trinajstić information content (AvgIpc) is 3.19. The molecule has 2 aromatic heterocycles. The lowest BCUT2D eigenvalue weighted by atomic mass is 10.0. The first-order valence-electron chi connectivity index (χ1n) is 7.31. The number of aromatic hydroxyl groups is 2. The number of hydrogen-bond donors (Lipinski definition) is 2. The summed E-state index contributed by atoms with van der Waals surface area (Å²) in [6, 6.07) is 12.6. The normalized spacial score (nSPS) is 10.9. The first kappa shape index (κ1) is 15.2. The highest BCUT2D eigenvalue weighted by Gasteiger charge is 2.23. The zero-order valence-electron chi connectivity index (χ0n) is 12.7. The van der Waals surface area contributed by atoms with Gasteiger partial charge in [0.15, 0.2) is 5.76 Å². The Kier molecular flexibility index (Phi) is 3.45. The fraction of sp³-hybridized carbons (Fsp3) is 0. The topological polar surface area (TPSA) is 77.4 Å². The van der Waals surface area contributed by atoms with Gasteiger partial charge < -0.3 is 14.6 Å². The van der Waals surface area contributed by atoms with Crippen LogP contribution in [0.4, 0.5) is 4.39 Å². The summed E-state index contributed by atoms with van der Waals surface area (Å²) in [7, 11) is 0. The van der Waals surface area contributed by atoms with Gasteiger partial charge in [-0.25, -0.2) is 4.39 Å². The maximum atomic E-state index is 14.4. The van der Waals surface area contributed by atoms with Gasteiger partial charge in [0.05, 0.1) is 16.5 Å². The van der Waals surface area contributed by atoms with Crippen LogP contribution in [0.1, 0.15) is 5.56 Å². The third-order valence-electron chi connectivity index (χ3n) is 3.87. The Morgan fingerprint density at radius 1 is 1.04 bits per heavy atom. The number of nitrogens with zero attached hydrogens (tertiary/aromatic N) is 1. The monoisotopic (exact) mass is 351 g/mol. The van der Waals surface area contributed by atoms with Crippen LogP contribution in [0.25, 0.3) is 31.9 Å². The van der Waals surface area contributed by atoms with Gasteiger partial charge in [0.1, 0.15) is 23.4 Å². The lowest BCUT2D eigenvalue weighted by Gasteiger charge is -2.04. The lowest BCUT2D eigenvalue weighted by Crippen LogP contribution is -1.82. The van der Waals surface area contributed by atoms with Gasteiger partial charge in [-0.3, -0.25) is 0 Å². The molecule has 25 heavy (non-hydrogen) atoms. The first-order chi connectivity index (χ1) is 12.1. The number of nitriles is 1. The van der Waals surface area contributed by atoms with Gasteiger partial charge in [-0.1, -0.05) is 0 Å². The van der Waals surface area contributed by atoms with Gasteiger partial charge in [0.25, 0.3) is 0 Å². The van der Waals surface area contributed by atoms with E-state index in [-0.39, 0.29) is 11.5 Å². The SMILES string of the molecule is N#Cc1ccoc1-c1c(-c2ccc(O)cc2)sc2c(F)cc(O)cc12. The third-order valence-corrected chi connectivity index (χ3v) is 5.13. The molecule has 2 N–H and O–H groups in total. The zero-order chi connectivity index (χ0) is 17.6. The van der Waals surface area contributed by atoms with Crippen LogP contribution in [0, 0.1) is 17.1 Å². The standard InChI is InChI=1S/C19H10FNO3S/c20-15-8-13(23)7-14-16(17-11(9-21)5-6-24-17)18(25-19(14)15)10-1-3-12(22)4-2-10/h1-8,22-23H. The number of halogens is 1. The molecule has 4 rings (SSSR count). The third kappa shape index (κ3) is 2.42. The van der Waals surface area contributed by atoms with Crippen LogP contribution in [-0.2, 0) is 0 Å². The van der Waals surface area contributed by atoms with Crippen molar-refractivity contribution in [3.63, 3.8) is 0 Å². The molecule has 0 aliphatic carbocycles. The van der Waals surface area contributed by atoms with E-state index in [1.807, 2.05) is 0 Å². The predicted octanol–water partition coefficient (Wildman–Crippen LogP) is 5.25. The molecule has 122 valence electrons. The molecule has 4 aromatic rings. The van der Waals surface area contributed by atoms with Crippen molar-refractivity contribution in [3.05, 3.63) is 60.1 Å². The summed E-state index contributed by atoms with van der Waals surface area (Å²) in [5, 5.41) is 29.1. The van der Waals surface area contributed by atoms with Crippen molar-refractivity contribution < 1.29 is 19.0 Å². The van der Waals surface area contributed by atoms with Crippen molar-refractivity contribution >= 4 is 21.4 Å². The summed E-state index contributed by atoms with van der Waals surface area (Å²) in [4.78, 5) is 0.686. The Labute approximate surface area is 145 Å². The van der Waals surface area contributed by atoms with Crippen LogP contribution < -0.4 is 0 Å². The van der Waals surface area contributed by atoms with Crippen molar-refractivity contribution in [2.45, 2.75) is 0 Å². The van der Waals surface area contributed by atoms with E-state index in [0.29, 0.717) is 31.9 Å². The molecular weight excluding hydrogens is 341 g/mol. The molecule has 6 heteroatoms. The molecular formula is C19H10FNO3S. The van der Waals surface area contributed by atoms with Crippen LogP contribution in [0.15, 0.2) is 53.1 Å². The molecule has 0 atom stereocenters. The number of phenolic OH excluding ortho intramolecular Hbond substituents is 2. The zero-order valence-corrected chi connectivity index (χ0v) is 13.5. The van der Waals surface area contributed by atoms with E-state index in [9.17, 15) is 19.9 Å². The summed E-state index contributed by atoms with van der Waals surface area (Å²) in [5.74, 6) is -0.310. The Morgan fingerprint density at radius 2 is 1.80 bits per heavy atom. The Bertz CT molecular complexity index is 1140. The minimum absolute atomic E-state index is 0.117. The van der Waals surface area contributed by atoms with Crippen LogP contribution in [0.3, 0.4) is 0 Å². The lowest BCUT2D eigenvalue weighted by molar-refractivity contribution is 0.471. The van der Waals surface area contributed by atoms with Gasteiger partial charge in [-0.05, 0) is 42.0 Å². The van der Waals surface area contributed by atoms with Crippen molar-refractivity contribution in [1.82, 2.24) is 0 Å². The maximum Gasteiger partial charge on any atom is 0.153 e. The van der Waals surface area contributed by atoms with Crippen LogP contribution >= 0.6 is 11.3 Å². The molecule has 4 nitrogen and oxygen atoms in total. The summed E-state index contributed by atoms with van der Waals surface area (Å²) in [6.45, 7) is 0. The van der Waals surface area contributed by atoms with E-state index >= 15 is 0 Å². The summed E-state index contributed by atoms with van der Waals surface area (Å²) in [6.07, 6.45) is 1.40. The average molecular weight is 351 g/mol. The van der Waals surface area contributed by atoms with Crippen LogP contribution in [0.5, 0.6) is 11.5 Å². The van der Waals surface area contributed by atoms with Crippen molar-refractivity contribution in [1.29, 1.82) is 5.26 Å². The molecule has 0 radical (unpaired) electrons. The maximum absolute atomic E-state index is 14.4. The highest BCUT2D eigenvalue weighted by atomic mass is 32.1. The molecule has 0 spiro atoms. The fourth-order valence-corrected chi connectivity index (χ4v) is 3.97. The second kappa shape index (κ2) is 5.65. The molecule has 0 saturated heterocycles. The number of benzene rings is 2. The van der Waals surface area contributed by atoms with Crippen LogP contribution in [-0.4, -0.2) is 10.2 Å². The Morgan fingerprint density at radius 3 is 2.52 bits per heavy atom. The summed E-state index contributed by atoms with van der Waals surface area (Å²) in [5.41, 5.74) is 1.61. The predicted molar refractivity (Wildman–Crippen MR) is 93.0 cm³/mol. The highest BCUT2D eigenvalue weighted by molar-refractivity contribution is 7.23. The minimum Gasteiger partial charge on any atom is -0.508 e. The minimum atomic E-state index is -0.545. The molecule has 0 saturated carbocycles. The van der Waals surface area contributed by atoms with Gasteiger partial charge in [-0.15, -0.1) is 11.3 Å². The van der Waals surface area contributed by atoms with Crippen molar-refractivity contribution in [3.8, 4) is 39.3 Å².